The average molecular weight is 346 g/mol. The Hall–Kier alpha value is -1.32. The summed E-state index contributed by atoms with van der Waals surface area (Å²) in [6.07, 6.45) is 4.46. The first kappa shape index (κ1) is 20.7. The van der Waals surface area contributed by atoms with Crippen LogP contribution in [0.25, 0.3) is 0 Å². The molecule has 0 radical (unpaired) electrons. The van der Waals surface area contributed by atoms with Gasteiger partial charge in [0.15, 0.2) is 0 Å². The summed E-state index contributed by atoms with van der Waals surface area (Å²) >= 11 is 1.72. The standard InChI is InChI=1S/C17H21NOS.C4H10/c1-14-8-4-5-9-15(14)17(2,3)19-12-13-20-16-10-6-7-11-18-16;1-3-4-2/h4-11H,12-13H2,1-3H3;3-4H2,1-2H3. The SMILES string of the molecule is CCCC.Cc1ccccc1C(C)(C)OCCSc1ccccn1. The molecule has 0 fully saturated rings. The number of pyridine rings is 1. The predicted octanol–water partition coefficient (Wildman–Crippen LogP) is 6.24. The summed E-state index contributed by atoms with van der Waals surface area (Å²) in [4.78, 5) is 4.29. The number of rotatable bonds is 7. The molecule has 0 amide bonds. The largest absolute Gasteiger partial charge is 0.370 e. The van der Waals surface area contributed by atoms with Crippen molar-refractivity contribution in [1.82, 2.24) is 4.98 Å². The first-order chi connectivity index (χ1) is 11.5. The van der Waals surface area contributed by atoms with E-state index in [0.29, 0.717) is 6.61 Å². The van der Waals surface area contributed by atoms with Crippen molar-refractivity contribution in [3.05, 3.63) is 59.8 Å². The van der Waals surface area contributed by atoms with Crippen LogP contribution >= 0.6 is 11.8 Å². The first-order valence-electron chi connectivity index (χ1n) is 8.75. The molecule has 1 aromatic heterocycles. The summed E-state index contributed by atoms with van der Waals surface area (Å²) in [6.45, 7) is 11.5. The van der Waals surface area contributed by atoms with Gasteiger partial charge in [-0.3, -0.25) is 0 Å². The molecule has 0 spiro atoms. The highest BCUT2D eigenvalue weighted by molar-refractivity contribution is 7.99. The van der Waals surface area contributed by atoms with Crippen LogP contribution in [-0.4, -0.2) is 17.3 Å². The highest BCUT2D eigenvalue weighted by atomic mass is 32.2. The van der Waals surface area contributed by atoms with Crippen molar-refractivity contribution in [2.24, 2.45) is 0 Å². The first-order valence-corrected chi connectivity index (χ1v) is 9.73. The van der Waals surface area contributed by atoms with Crippen molar-refractivity contribution in [2.75, 3.05) is 12.4 Å². The minimum Gasteiger partial charge on any atom is -0.370 e. The number of ether oxygens (including phenoxy) is 1. The van der Waals surface area contributed by atoms with E-state index >= 15 is 0 Å². The van der Waals surface area contributed by atoms with Gasteiger partial charge in [0.2, 0.25) is 0 Å². The Bertz CT molecular complexity index is 567. The molecular weight excluding hydrogens is 314 g/mol. The van der Waals surface area contributed by atoms with Gasteiger partial charge in [0.25, 0.3) is 0 Å². The fourth-order valence-electron chi connectivity index (χ4n) is 2.20. The molecule has 0 N–H and O–H groups in total. The summed E-state index contributed by atoms with van der Waals surface area (Å²) in [5, 5.41) is 1.05. The zero-order valence-corrected chi connectivity index (χ0v) is 16.5. The van der Waals surface area contributed by atoms with Gasteiger partial charge >= 0.3 is 0 Å². The van der Waals surface area contributed by atoms with Crippen LogP contribution in [0, 0.1) is 6.92 Å². The molecule has 0 aliphatic heterocycles. The van der Waals surface area contributed by atoms with E-state index in [1.165, 1.54) is 24.0 Å². The van der Waals surface area contributed by atoms with E-state index in [4.69, 9.17) is 4.74 Å². The monoisotopic (exact) mass is 345 g/mol. The topological polar surface area (TPSA) is 22.1 Å². The van der Waals surface area contributed by atoms with Crippen LogP contribution < -0.4 is 0 Å². The molecule has 0 saturated carbocycles. The molecule has 0 aliphatic carbocycles. The van der Waals surface area contributed by atoms with Crippen LogP contribution in [-0.2, 0) is 10.3 Å². The number of thioether (sulfide) groups is 1. The van der Waals surface area contributed by atoms with Gasteiger partial charge < -0.3 is 4.74 Å². The molecule has 0 atom stereocenters. The zero-order chi connectivity index (χ0) is 17.8. The number of benzene rings is 1. The Morgan fingerprint density at radius 3 is 2.25 bits per heavy atom. The second kappa shape index (κ2) is 11.3. The van der Waals surface area contributed by atoms with Crippen LogP contribution in [0.5, 0.6) is 0 Å². The second-order valence-corrected chi connectivity index (χ2v) is 7.31. The van der Waals surface area contributed by atoms with E-state index in [9.17, 15) is 0 Å². The molecule has 0 bridgehead atoms. The summed E-state index contributed by atoms with van der Waals surface area (Å²) in [5.74, 6) is 0.909. The third-order valence-corrected chi connectivity index (χ3v) is 4.64. The van der Waals surface area contributed by atoms with Crippen molar-refractivity contribution in [2.45, 2.75) is 58.1 Å². The number of aryl methyl sites for hydroxylation is 1. The lowest BCUT2D eigenvalue weighted by molar-refractivity contribution is -0.0129. The van der Waals surface area contributed by atoms with Gasteiger partial charge in [-0.1, -0.05) is 57.0 Å². The molecule has 0 saturated heterocycles. The molecule has 24 heavy (non-hydrogen) atoms. The number of unbranched alkanes of at least 4 members (excludes halogenated alkanes) is 1. The summed E-state index contributed by atoms with van der Waals surface area (Å²) in [5.41, 5.74) is 2.27. The predicted molar refractivity (Wildman–Crippen MR) is 106 cm³/mol. The van der Waals surface area contributed by atoms with Crippen molar-refractivity contribution >= 4 is 11.8 Å². The molecule has 0 aliphatic rings. The van der Waals surface area contributed by atoms with Gasteiger partial charge in [-0.15, -0.1) is 11.8 Å². The lowest BCUT2D eigenvalue weighted by Gasteiger charge is -2.27. The number of hydrogen-bond donors (Lipinski definition) is 0. The van der Waals surface area contributed by atoms with Crippen LogP contribution in [0.4, 0.5) is 0 Å². The van der Waals surface area contributed by atoms with Crippen LogP contribution in [0.1, 0.15) is 51.7 Å². The Morgan fingerprint density at radius 2 is 1.67 bits per heavy atom. The van der Waals surface area contributed by atoms with E-state index in [1.54, 1.807) is 11.8 Å². The smallest absolute Gasteiger partial charge is 0.0960 e. The van der Waals surface area contributed by atoms with E-state index in [0.717, 1.165) is 10.8 Å². The van der Waals surface area contributed by atoms with Crippen molar-refractivity contribution in [3.63, 3.8) is 0 Å². The molecule has 3 heteroatoms. The van der Waals surface area contributed by atoms with E-state index < -0.39 is 0 Å². The molecule has 2 aromatic rings. The average Bonchev–Trinajstić information content (AvgIpc) is 2.60. The lowest BCUT2D eigenvalue weighted by Crippen LogP contribution is -2.24. The fourth-order valence-corrected chi connectivity index (χ4v) is 2.89. The second-order valence-electron chi connectivity index (χ2n) is 6.19. The van der Waals surface area contributed by atoms with Gasteiger partial charge in [0.05, 0.1) is 17.2 Å². The minimum absolute atomic E-state index is 0.254. The Kier molecular flexibility index (Phi) is 9.73. The van der Waals surface area contributed by atoms with Crippen LogP contribution in [0.3, 0.4) is 0 Å². The highest BCUT2D eigenvalue weighted by Crippen LogP contribution is 2.27. The summed E-state index contributed by atoms with van der Waals surface area (Å²) < 4.78 is 6.07. The van der Waals surface area contributed by atoms with E-state index in [2.05, 4.69) is 63.9 Å². The fraction of sp³-hybridized carbons (Fsp3) is 0.476. The summed E-state index contributed by atoms with van der Waals surface area (Å²) in [6, 6.07) is 14.4. The van der Waals surface area contributed by atoms with Crippen LogP contribution in [0.2, 0.25) is 0 Å². The number of hydrogen-bond acceptors (Lipinski definition) is 3. The van der Waals surface area contributed by atoms with Crippen molar-refractivity contribution < 1.29 is 4.74 Å². The molecule has 1 aromatic carbocycles. The van der Waals surface area contributed by atoms with Gasteiger partial charge in [0.1, 0.15) is 0 Å². The Morgan fingerprint density at radius 1 is 1.00 bits per heavy atom. The van der Waals surface area contributed by atoms with Crippen molar-refractivity contribution in [1.29, 1.82) is 0 Å². The maximum atomic E-state index is 6.07. The quantitative estimate of drug-likeness (QED) is 0.438. The normalized spacial score (nSPS) is 10.9. The maximum absolute atomic E-state index is 6.07. The van der Waals surface area contributed by atoms with Gasteiger partial charge in [-0.2, -0.15) is 0 Å². The maximum Gasteiger partial charge on any atom is 0.0960 e. The molecule has 132 valence electrons. The molecule has 2 rings (SSSR count). The third-order valence-electron chi connectivity index (χ3n) is 3.73. The highest BCUT2D eigenvalue weighted by Gasteiger charge is 2.22. The Labute approximate surface area is 152 Å². The van der Waals surface area contributed by atoms with E-state index in [1.807, 2.05) is 24.4 Å². The number of aromatic nitrogens is 1. The third kappa shape index (κ3) is 7.50. The van der Waals surface area contributed by atoms with Gasteiger partial charge in [-0.25, -0.2) is 4.98 Å². The number of nitrogens with zero attached hydrogens (tertiary/aromatic N) is 1. The lowest BCUT2D eigenvalue weighted by atomic mass is 9.94. The molecule has 2 nitrogen and oxygen atoms in total. The molecular formula is C21H31NOS. The van der Waals surface area contributed by atoms with E-state index in [-0.39, 0.29) is 5.60 Å². The van der Waals surface area contributed by atoms with Gasteiger partial charge in [0, 0.05) is 11.9 Å². The zero-order valence-electron chi connectivity index (χ0n) is 15.7. The Balaban J connectivity index is 0.000000648. The molecule has 1 heterocycles. The minimum atomic E-state index is -0.254. The van der Waals surface area contributed by atoms with Crippen molar-refractivity contribution in [3.8, 4) is 0 Å². The summed E-state index contributed by atoms with van der Waals surface area (Å²) in [7, 11) is 0. The van der Waals surface area contributed by atoms with Crippen LogP contribution in [0.15, 0.2) is 53.7 Å². The molecule has 0 unspecified atom stereocenters. The van der Waals surface area contributed by atoms with Gasteiger partial charge in [-0.05, 0) is 44.0 Å².